The second-order valence-electron chi connectivity index (χ2n) is 5.52. The number of rotatable bonds is 3. The highest BCUT2D eigenvalue weighted by molar-refractivity contribution is 6.42. The van der Waals surface area contributed by atoms with Crippen molar-refractivity contribution in [2.45, 2.75) is 13.8 Å². The first kappa shape index (κ1) is 16.6. The Balaban J connectivity index is 1.71. The van der Waals surface area contributed by atoms with Crippen LogP contribution in [0.5, 0.6) is 0 Å². The zero-order valence-electron chi connectivity index (χ0n) is 13.8. The average molecular weight is 387 g/mol. The molecule has 0 spiro atoms. The van der Waals surface area contributed by atoms with E-state index in [2.05, 4.69) is 35.6 Å². The van der Waals surface area contributed by atoms with Gasteiger partial charge in [0, 0.05) is 11.9 Å². The summed E-state index contributed by atoms with van der Waals surface area (Å²) in [6, 6.07) is 6.95. The summed E-state index contributed by atoms with van der Waals surface area (Å²) in [7, 11) is 0. The number of hydrogen-bond acceptors (Lipinski definition) is 7. The van der Waals surface area contributed by atoms with E-state index in [1.165, 1.54) is 0 Å². The first-order chi connectivity index (χ1) is 12.5. The zero-order valence-corrected chi connectivity index (χ0v) is 15.3. The maximum Gasteiger partial charge on any atom is 0.272 e. The van der Waals surface area contributed by atoms with E-state index < -0.39 is 0 Å². The van der Waals surface area contributed by atoms with E-state index in [0.29, 0.717) is 39.0 Å². The molecule has 10 heteroatoms. The maximum absolute atomic E-state index is 6.04. The summed E-state index contributed by atoms with van der Waals surface area (Å²) in [5, 5.41) is 16.7. The smallest absolute Gasteiger partial charge is 0.272 e. The van der Waals surface area contributed by atoms with Gasteiger partial charge in [-0.1, -0.05) is 23.2 Å². The predicted molar refractivity (Wildman–Crippen MR) is 98.8 cm³/mol. The molecule has 1 N–H and O–H groups in total. The fourth-order valence-electron chi connectivity index (χ4n) is 2.45. The summed E-state index contributed by atoms with van der Waals surface area (Å²) in [4.78, 5) is 12.9. The van der Waals surface area contributed by atoms with Crippen molar-refractivity contribution in [1.82, 2.24) is 34.8 Å². The number of nitrogens with zero attached hydrogens (tertiary/aromatic N) is 7. The fourth-order valence-corrected chi connectivity index (χ4v) is 2.75. The second-order valence-corrected chi connectivity index (χ2v) is 6.34. The van der Waals surface area contributed by atoms with Crippen LogP contribution in [-0.2, 0) is 0 Å². The third-order valence-corrected chi connectivity index (χ3v) is 4.41. The molecule has 4 rings (SSSR count). The molecule has 0 saturated heterocycles. The van der Waals surface area contributed by atoms with E-state index in [4.69, 9.17) is 23.2 Å². The highest BCUT2D eigenvalue weighted by atomic mass is 35.5. The Kier molecular flexibility index (Phi) is 4.14. The molecule has 0 atom stereocenters. The predicted octanol–water partition coefficient (Wildman–Crippen LogP) is 3.64. The van der Waals surface area contributed by atoms with E-state index in [1.54, 1.807) is 41.9 Å². The molecule has 0 amide bonds. The Bertz CT molecular complexity index is 1120. The van der Waals surface area contributed by atoms with Gasteiger partial charge in [0.25, 0.3) is 5.78 Å². The molecule has 3 aromatic heterocycles. The van der Waals surface area contributed by atoms with Crippen LogP contribution >= 0.6 is 23.2 Å². The molecule has 4 aromatic rings. The maximum atomic E-state index is 6.04. The Morgan fingerprint density at radius 1 is 1.00 bits per heavy atom. The van der Waals surface area contributed by atoms with Crippen LogP contribution in [0.25, 0.3) is 17.2 Å². The molecule has 0 saturated carbocycles. The van der Waals surface area contributed by atoms with Crippen LogP contribution in [0, 0.1) is 13.8 Å². The van der Waals surface area contributed by atoms with Gasteiger partial charge >= 0.3 is 0 Å². The number of halogens is 2. The van der Waals surface area contributed by atoms with Crippen LogP contribution in [-0.4, -0.2) is 34.8 Å². The minimum atomic E-state index is 0.400. The molecule has 0 fully saturated rings. The Hall–Kier alpha value is -2.84. The first-order valence-corrected chi connectivity index (χ1v) is 8.39. The van der Waals surface area contributed by atoms with Gasteiger partial charge in [-0.2, -0.15) is 9.50 Å². The third kappa shape index (κ3) is 3.04. The lowest BCUT2D eigenvalue weighted by molar-refractivity contribution is 0.841. The molecule has 130 valence electrons. The largest absolute Gasteiger partial charge is 0.324 e. The molecule has 8 nitrogen and oxygen atoms in total. The van der Waals surface area contributed by atoms with Crippen molar-refractivity contribution < 1.29 is 0 Å². The standard InChI is InChI=1S/C16H12Cl2N8/c1-8-14(23-24-16-20-9(2)25-26(8)16)13-5-6-19-15(22-13)21-10-3-4-11(17)12(18)7-10/h3-7H,1-2H3,(H,19,21,22). The molecule has 1 aromatic carbocycles. The molecule has 0 aliphatic heterocycles. The zero-order chi connectivity index (χ0) is 18.3. The lowest BCUT2D eigenvalue weighted by atomic mass is 10.2. The molecule has 26 heavy (non-hydrogen) atoms. The van der Waals surface area contributed by atoms with Crippen LogP contribution in [0.2, 0.25) is 10.0 Å². The number of benzene rings is 1. The van der Waals surface area contributed by atoms with Crippen LogP contribution in [0.4, 0.5) is 11.6 Å². The van der Waals surface area contributed by atoms with Crippen molar-refractivity contribution >= 4 is 40.6 Å². The first-order valence-electron chi connectivity index (χ1n) is 7.63. The van der Waals surface area contributed by atoms with Gasteiger partial charge in [-0.05, 0) is 38.1 Å². The van der Waals surface area contributed by atoms with Crippen LogP contribution in [0.1, 0.15) is 11.5 Å². The van der Waals surface area contributed by atoms with Crippen LogP contribution < -0.4 is 5.32 Å². The van der Waals surface area contributed by atoms with Gasteiger partial charge in [0.2, 0.25) is 5.95 Å². The van der Waals surface area contributed by atoms with E-state index in [0.717, 1.165) is 11.4 Å². The lowest BCUT2D eigenvalue weighted by Crippen LogP contribution is -2.05. The Morgan fingerprint density at radius 2 is 1.85 bits per heavy atom. The van der Waals surface area contributed by atoms with Gasteiger partial charge in [0.05, 0.1) is 21.4 Å². The van der Waals surface area contributed by atoms with Gasteiger partial charge in [-0.15, -0.1) is 15.3 Å². The molecule has 0 aliphatic carbocycles. The van der Waals surface area contributed by atoms with Gasteiger partial charge in [0.15, 0.2) is 0 Å². The molecule has 0 aliphatic rings. The second kappa shape index (κ2) is 6.47. The van der Waals surface area contributed by atoms with Crippen LogP contribution in [0.3, 0.4) is 0 Å². The molecular formula is C16H12Cl2N8. The number of aryl methyl sites for hydroxylation is 2. The van der Waals surface area contributed by atoms with Gasteiger partial charge in [0.1, 0.15) is 11.5 Å². The summed E-state index contributed by atoms with van der Waals surface area (Å²) in [5.41, 5.74) is 2.72. The lowest BCUT2D eigenvalue weighted by Gasteiger charge is -2.08. The quantitative estimate of drug-likeness (QED) is 0.574. The minimum absolute atomic E-state index is 0.400. The molecular weight excluding hydrogens is 375 g/mol. The number of aromatic nitrogens is 7. The molecule has 0 bridgehead atoms. The van der Waals surface area contributed by atoms with Crippen molar-refractivity contribution in [2.75, 3.05) is 5.32 Å². The van der Waals surface area contributed by atoms with E-state index in [1.807, 2.05) is 6.92 Å². The highest BCUT2D eigenvalue weighted by Crippen LogP contribution is 2.27. The number of nitrogens with one attached hydrogen (secondary N) is 1. The number of anilines is 2. The van der Waals surface area contributed by atoms with Crippen LogP contribution in [0.15, 0.2) is 30.5 Å². The Morgan fingerprint density at radius 3 is 2.65 bits per heavy atom. The van der Waals surface area contributed by atoms with E-state index in [9.17, 15) is 0 Å². The molecule has 0 radical (unpaired) electrons. The highest BCUT2D eigenvalue weighted by Gasteiger charge is 2.13. The number of fused-ring (bicyclic) bond motifs is 1. The Labute approximate surface area is 158 Å². The average Bonchev–Trinajstić information content (AvgIpc) is 3.00. The van der Waals surface area contributed by atoms with Crippen molar-refractivity contribution in [1.29, 1.82) is 0 Å². The summed E-state index contributed by atoms with van der Waals surface area (Å²) in [6.45, 7) is 3.69. The summed E-state index contributed by atoms with van der Waals surface area (Å²) in [6.07, 6.45) is 1.64. The third-order valence-electron chi connectivity index (χ3n) is 3.67. The summed E-state index contributed by atoms with van der Waals surface area (Å²) < 4.78 is 1.64. The van der Waals surface area contributed by atoms with Gasteiger partial charge < -0.3 is 5.32 Å². The normalized spacial score (nSPS) is 11.1. The molecule has 0 unspecified atom stereocenters. The van der Waals surface area contributed by atoms with E-state index >= 15 is 0 Å². The molecule has 3 heterocycles. The fraction of sp³-hybridized carbons (Fsp3) is 0.125. The topological polar surface area (TPSA) is 93.8 Å². The minimum Gasteiger partial charge on any atom is -0.324 e. The summed E-state index contributed by atoms with van der Waals surface area (Å²) in [5.74, 6) is 1.48. The van der Waals surface area contributed by atoms with Crippen molar-refractivity contribution in [3.8, 4) is 11.4 Å². The monoisotopic (exact) mass is 386 g/mol. The van der Waals surface area contributed by atoms with Crippen molar-refractivity contribution in [3.05, 3.63) is 52.0 Å². The van der Waals surface area contributed by atoms with Crippen molar-refractivity contribution in [2.24, 2.45) is 0 Å². The van der Waals surface area contributed by atoms with E-state index in [-0.39, 0.29) is 0 Å². The SMILES string of the molecule is Cc1nc2nnc(-c3ccnc(Nc4ccc(Cl)c(Cl)c4)n3)c(C)n2n1. The number of hydrogen-bond donors (Lipinski definition) is 1. The van der Waals surface area contributed by atoms with Gasteiger partial charge in [-0.25, -0.2) is 9.97 Å². The van der Waals surface area contributed by atoms with Gasteiger partial charge in [-0.3, -0.25) is 0 Å². The van der Waals surface area contributed by atoms with Crippen molar-refractivity contribution in [3.63, 3.8) is 0 Å². The summed E-state index contributed by atoms with van der Waals surface area (Å²) >= 11 is 12.0.